The lowest BCUT2D eigenvalue weighted by molar-refractivity contribution is -0.927. The van der Waals surface area contributed by atoms with Crippen LogP contribution >= 0.6 is 0 Å². The largest absolute Gasteiger partial charge is 0.457 e. The fraction of sp³-hybridized carbons (Fsp3) is 0.842. The van der Waals surface area contributed by atoms with Gasteiger partial charge >= 0.3 is 5.97 Å². The van der Waals surface area contributed by atoms with Gasteiger partial charge in [-0.15, -0.1) is 0 Å². The van der Waals surface area contributed by atoms with Crippen LogP contribution in [0.5, 0.6) is 0 Å². The molecule has 0 saturated heterocycles. The summed E-state index contributed by atoms with van der Waals surface area (Å²) in [4.78, 5) is 11.2. The van der Waals surface area contributed by atoms with E-state index in [1.807, 2.05) is 0 Å². The van der Waals surface area contributed by atoms with Crippen molar-refractivity contribution in [1.29, 1.82) is 0 Å². The Balaban J connectivity index is 4.25. The van der Waals surface area contributed by atoms with Crippen LogP contribution in [0.4, 0.5) is 0 Å². The molecule has 0 aliphatic rings. The van der Waals surface area contributed by atoms with Crippen molar-refractivity contribution in [1.82, 2.24) is 0 Å². The number of esters is 1. The second-order valence-corrected chi connectivity index (χ2v) is 6.32. The van der Waals surface area contributed by atoms with Crippen molar-refractivity contribution >= 4 is 5.97 Å². The quantitative estimate of drug-likeness (QED) is 0.189. The lowest BCUT2D eigenvalue weighted by Crippen LogP contribution is -2.51. The first-order valence-electron chi connectivity index (χ1n) is 9.28. The SMILES string of the molecule is C=CC(=O)OCC[N+](CC)(CCCC)CCCCCCCC. The van der Waals surface area contributed by atoms with Crippen LogP contribution < -0.4 is 0 Å². The first-order chi connectivity index (χ1) is 10.6. The lowest BCUT2D eigenvalue weighted by atomic mass is 10.1. The minimum atomic E-state index is -0.302. The number of carbonyl (C=O) groups is 1. The highest BCUT2D eigenvalue weighted by molar-refractivity contribution is 5.81. The van der Waals surface area contributed by atoms with Crippen LogP contribution in [0.1, 0.15) is 72.1 Å². The molecule has 0 saturated carbocycles. The van der Waals surface area contributed by atoms with Gasteiger partial charge in [-0.25, -0.2) is 4.79 Å². The van der Waals surface area contributed by atoms with Crippen LogP contribution in [0.25, 0.3) is 0 Å². The predicted octanol–water partition coefficient (Wildman–Crippen LogP) is 4.71. The van der Waals surface area contributed by atoms with Crippen LogP contribution in [-0.4, -0.2) is 43.2 Å². The van der Waals surface area contributed by atoms with E-state index in [1.165, 1.54) is 70.5 Å². The fourth-order valence-electron chi connectivity index (χ4n) is 2.93. The van der Waals surface area contributed by atoms with Gasteiger partial charge in [-0.05, 0) is 26.2 Å². The van der Waals surface area contributed by atoms with Crippen molar-refractivity contribution in [3.05, 3.63) is 12.7 Å². The summed E-state index contributed by atoms with van der Waals surface area (Å²) in [6.07, 6.45) is 11.7. The molecule has 0 aliphatic heterocycles. The standard InChI is InChI=1S/C19H38NO2/c1-5-9-11-12-13-14-16-20(8-4,15-10-6-2)17-18-22-19(21)7-3/h7H,3,5-6,8-18H2,1-2,4H3/q+1. The maximum atomic E-state index is 11.2. The minimum absolute atomic E-state index is 0.302. The molecule has 0 rings (SSSR count). The number of rotatable bonds is 15. The average molecular weight is 313 g/mol. The number of ether oxygens (including phenoxy) is 1. The molecule has 0 heterocycles. The summed E-state index contributed by atoms with van der Waals surface area (Å²) in [5.41, 5.74) is 0. The molecule has 3 nitrogen and oxygen atoms in total. The van der Waals surface area contributed by atoms with Crippen LogP contribution in [-0.2, 0) is 9.53 Å². The monoisotopic (exact) mass is 312 g/mol. The summed E-state index contributed by atoms with van der Waals surface area (Å²) in [6, 6.07) is 0. The van der Waals surface area contributed by atoms with Crippen molar-refractivity contribution in [2.45, 2.75) is 72.1 Å². The number of likely N-dealkylation sites (N-methyl/N-ethyl adjacent to an activating group) is 1. The first kappa shape index (κ1) is 21.2. The van der Waals surface area contributed by atoms with Crippen molar-refractivity contribution in [3.8, 4) is 0 Å². The van der Waals surface area contributed by atoms with E-state index >= 15 is 0 Å². The normalized spacial score (nSPS) is 13.6. The summed E-state index contributed by atoms with van der Waals surface area (Å²) in [5, 5.41) is 0. The highest BCUT2D eigenvalue weighted by atomic mass is 16.5. The Bertz CT molecular complexity index is 291. The van der Waals surface area contributed by atoms with Gasteiger partial charge in [0.25, 0.3) is 0 Å². The van der Waals surface area contributed by atoms with E-state index in [9.17, 15) is 4.79 Å². The second-order valence-electron chi connectivity index (χ2n) is 6.32. The molecule has 0 aliphatic carbocycles. The van der Waals surface area contributed by atoms with Crippen LogP contribution in [0, 0.1) is 0 Å². The maximum Gasteiger partial charge on any atom is 0.330 e. The molecule has 0 N–H and O–H groups in total. The molecule has 0 aromatic rings. The van der Waals surface area contributed by atoms with E-state index in [2.05, 4.69) is 27.4 Å². The number of unbranched alkanes of at least 4 members (excludes halogenated alkanes) is 6. The van der Waals surface area contributed by atoms with Crippen molar-refractivity contribution < 1.29 is 14.0 Å². The van der Waals surface area contributed by atoms with Gasteiger partial charge in [0, 0.05) is 6.08 Å². The number of carbonyl (C=O) groups excluding carboxylic acids is 1. The van der Waals surface area contributed by atoms with E-state index in [1.54, 1.807) is 0 Å². The van der Waals surface area contributed by atoms with Crippen LogP contribution in [0.15, 0.2) is 12.7 Å². The van der Waals surface area contributed by atoms with Crippen molar-refractivity contribution in [3.63, 3.8) is 0 Å². The highest BCUT2D eigenvalue weighted by Crippen LogP contribution is 2.14. The molecule has 22 heavy (non-hydrogen) atoms. The summed E-state index contributed by atoms with van der Waals surface area (Å²) in [6.45, 7) is 15.2. The van der Waals surface area contributed by atoms with Crippen LogP contribution in [0.2, 0.25) is 0 Å². The van der Waals surface area contributed by atoms with Gasteiger partial charge in [-0.2, -0.15) is 0 Å². The third-order valence-electron chi connectivity index (χ3n) is 4.62. The molecule has 0 fully saturated rings. The summed E-state index contributed by atoms with van der Waals surface area (Å²) >= 11 is 0. The number of nitrogens with zero attached hydrogens (tertiary/aromatic N) is 1. The van der Waals surface area contributed by atoms with Gasteiger partial charge in [0.15, 0.2) is 0 Å². The summed E-state index contributed by atoms with van der Waals surface area (Å²) < 4.78 is 6.30. The van der Waals surface area contributed by atoms with Gasteiger partial charge in [-0.1, -0.05) is 52.5 Å². The lowest BCUT2D eigenvalue weighted by Gasteiger charge is -2.38. The van der Waals surface area contributed by atoms with Gasteiger partial charge in [0.05, 0.1) is 19.6 Å². The van der Waals surface area contributed by atoms with E-state index in [-0.39, 0.29) is 5.97 Å². The molecule has 0 spiro atoms. The number of hydrogen-bond acceptors (Lipinski definition) is 2. The Morgan fingerprint density at radius 2 is 1.50 bits per heavy atom. The van der Waals surface area contributed by atoms with Gasteiger partial charge < -0.3 is 9.22 Å². The Morgan fingerprint density at radius 1 is 0.909 bits per heavy atom. The van der Waals surface area contributed by atoms with Crippen LogP contribution in [0.3, 0.4) is 0 Å². The molecular weight excluding hydrogens is 274 g/mol. The van der Waals surface area contributed by atoms with E-state index < -0.39 is 0 Å². The van der Waals surface area contributed by atoms with E-state index in [4.69, 9.17) is 4.74 Å². The predicted molar refractivity (Wildman–Crippen MR) is 94.8 cm³/mol. The molecule has 0 amide bonds. The Morgan fingerprint density at radius 3 is 2.09 bits per heavy atom. The zero-order chi connectivity index (χ0) is 16.7. The Hall–Kier alpha value is -0.830. The molecule has 0 aromatic heterocycles. The van der Waals surface area contributed by atoms with Crippen molar-refractivity contribution in [2.75, 3.05) is 32.8 Å². The smallest absolute Gasteiger partial charge is 0.330 e. The molecule has 1 unspecified atom stereocenters. The first-order valence-corrected chi connectivity index (χ1v) is 9.28. The minimum Gasteiger partial charge on any atom is -0.457 e. The zero-order valence-corrected chi connectivity index (χ0v) is 15.2. The van der Waals surface area contributed by atoms with E-state index in [0.29, 0.717) is 6.61 Å². The van der Waals surface area contributed by atoms with Crippen molar-refractivity contribution in [2.24, 2.45) is 0 Å². The summed E-state index contributed by atoms with van der Waals surface area (Å²) in [5.74, 6) is -0.302. The molecule has 130 valence electrons. The maximum absolute atomic E-state index is 11.2. The molecule has 0 aromatic carbocycles. The third kappa shape index (κ3) is 9.99. The van der Waals surface area contributed by atoms with E-state index in [0.717, 1.165) is 17.6 Å². The topological polar surface area (TPSA) is 26.3 Å². The molecule has 0 radical (unpaired) electrons. The fourth-order valence-corrected chi connectivity index (χ4v) is 2.93. The number of hydrogen-bond donors (Lipinski definition) is 0. The molecular formula is C19H38NO2+. The number of quaternary nitrogens is 1. The van der Waals surface area contributed by atoms with Gasteiger partial charge in [0.1, 0.15) is 13.2 Å². The van der Waals surface area contributed by atoms with Gasteiger partial charge in [-0.3, -0.25) is 0 Å². The third-order valence-corrected chi connectivity index (χ3v) is 4.62. The highest BCUT2D eigenvalue weighted by Gasteiger charge is 2.24. The second kappa shape index (κ2) is 13.8. The molecule has 0 bridgehead atoms. The Kier molecular flexibility index (Phi) is 13.3. The molecule has 3 heteroatoms. The summed E-state index contributed by atoms with van der Waals surface area (Å²) in [7, 11) is 0. The average Bonchev–Trinajstić information content (AvgIpc) is 2.55. The zero-order valence-electron chi connectivity index (χ0n) is 15.2. The van der Waals surface area contributed by atoms with Gasteiger partial charge in [0.2, 0.25) is 0 Å². The Labute approximate surface area is 138 Å². The molecule has 1 atom stereocenters.